The van der Waals surface area contributed by atoms with Crippen molar-refractivity contribution in [3.8, 4) is 11.1 Å². The van der Waals surface area contributed by atoms with Crippen LogP contribution in [0.2, 0.25) is 0 Å². The van der Waals surface area contributed by atoms with Crippen LogP contribution in [0.4, 0.5) is 0 Å². The summed E-state index contributed by atoms with van der Waals surface area (Å²) >= 11 is 0. The average Bonchev–Trinajstić information content (AvgIpc) is 3.31. The van der Waals surface area contributed by atoms with Gasteiger partial charge in [-0.15, -0.1) is 0 Å². The molecule has 0 unspecified atom stereocenters. The van der Waals surface area contributed by atoms with Gasteiger partial charge in [-0.05, 0) is 46.5 Å². The molecule has 0 spiro atoms. The molecule has 0 bridgehead atoms. The molecule has 0 radical (unpaired) electrons. The van der Waals surface area contributed by atoms with Gasteiger partial charge in [-0.3, -0.25) is 0 Å². The number of hydrogen-bond donors (Lipinski definition) is 0. The predicted octanol–water partition coefficient (Wildman–Crippen LogP) is 7.97. The van der Waals surface area contributed by atoms with Crippen LogP contribution in [0.5, 0.6) is 0 Å². The summed E-state index contributed by atoms with van der Waals surface area (Å²) in [4.78, 5) is 0. The van der Waals surface area contributed by atoms with E-state index in [1.54, 1.807) is 0 Å². The molecule has 5 aromatic carbocycles. The van der Waals surface area contributed by atoms with E-state index in [1.165, 1.54) is 65.6 Å². The Hall–Kier alpha value is -3.84. The quantitative estimate of drug-likeness (QED) is 0.272. The van der Waals surface area contributed by atoms with Crippen molar-refractivity contribution in [3.63, 3.8) is 0 Å². The summed E-state index contributed by atoms with van der Waals surface area (Å²) in [5.41, 5.74) is 7.82. The summed E-state index contributed by atoms with van der Waals surface area (Å²) in [5.74, 6) is 0. The molecule has 7 rings (SSSR count). The number of benzene rings is 5. The molecule has 0 aliphatic carbocycles. The van der Waals surface area contributed by atoms with Crippen LogP contribution in [0.3, 0.4) is 0 Å². The first-order valence-electron chi connectivity index (χ1n) is 10.5. The summed E-state index contributed by atoms with van der Waals surface area (Å²) in [6.07, 6.45) is 0. The molecular formula is C29H19N. The molecule has 0 saturated heterocycles. The highest BCUT2D eigenvalue weighted by atomic mass is 14.9. The lowest BCUT2D eigenvalue weighted by molar-refractivity contribution is 1.37. The molecule has 0 atom stereocenters. The molecule has 1 nitrogen and oxygen atoms in total. The standard InChI is InChI=1S/C29H19N/c1-18-21-8-3-2-7-19(21)13-15-22(18)20-14-16-24-26-11-6-10-25-23-9-4-5-12-27(23)30(29(25)26)28(24)17-20/h2-17H,1H3. The van der Waals surface area contributed by atoms with Crippen molar-refractivity contribution in [2.75, 3.05) is 0 Å². The lowest BCUT2D eigenvalue weighted by Gasteiger charge is -2.10. The number of hydrogen-bond acceptors (Lipinski definition) is 0. The molecule has 0 aliphatic rings. The van der Waals surface area contributed by atoms with Crippen LogP contribution in [0.25, 0.3) is 60.0 Å². The number of nitrogens with zero attached hydrogens (tertiary/aromatic N) is 1. The Morgan fingerprint density at radius 1 is 0.533 bits per heavy atom. The number of rotatable bonds is 1. The van der Waals surface area contributed by atoms with Crippen LogP contribution < -0.4 is 0 Å². The second kappa shape index (κ2) is 5.61. The molecule has 7 aromatic rings. The van der Waals surface area contributed by atoms with Crippen molar-refractivity contribution in [3.05, 3.63) is 103 Å². The van der Waals surface area contributed by atoms with Crippen LogP contribution >= 0.6 is 0 Å². The molecule has 0 amide bonds. The maximum atomic E-state index is 2.45. The fourth-order valence-electron chi connectivity index (χ4n) is 5.34. The largest absolute Gasteiger partial charge is 0.308 e. The minimum absolute atomic E-state index is 1.27. The Balaban J connectivity index is 1.62. The maximum absolute atomic E-state index is 2.45. The second-order valence-electron chi connectivity index (χ2n) is 8.25. The van der Waals surface area contributed by atoms with Crippen LogP contribution in [-0.2, 0) is 0 Å². The van der Waals surface area contributed by atoms with Crippen molar-refractivity contribution in [1.29, 1.82) is 0 Å². The summed E-state index contributed by atoms with van der Waals surface area (Å²) in [5, 5.41) is 7.94. The van der Waals surface area contributed by atoms with E-state index in [4.69, 9.17) is 0 Å². The van der Waals surface area contributed by atoms with Crippen molar-refractivity contribution in [1.82, 2.24) is 4.40 Å². The SMILES string of the molecule is Cc1c(-c2ccc3c4cccc5c6ccccc6n(c3c2)c54)ccc2ccccc12. The molecule has 0 N–H and O–H groups in total. The minimum atomic E-state index is 1.27. The third-order valence-electron chi connectivity index (χ3n) is 6.73. The second-order valence-corrected chi connectivity index (χ2v) is 8.25. The Labute approximate surface area is 174 Å². The van der Waals surface area contributed by atoms with Crippen molar-refractivity contribution in [2.45, 2.75) is 6.92 Å². The third-order valence-corrected chi connectivity index (χ3v) is 6.73. The lowest BCUT2D eigenvalue weighted by atomic mass is 9.94. The average molecular weight is 381 g/mol. The molecule has 0 fully saturated rings. The van der Waals surface area contributed by atoms with E-state index in [0.717, 1.165) is 0 Å². The summed E-state index contributed by atoms with van der Waals surface area (Å²) in [7, 11) is 0. The zero-order valence-corrected chi connectivity index (χ0v) is 16.7. The summed E-state index contributed by atoms with van der Waals surface area (Å²) in [6.45, 7) is 2.24. The van der Waals surface area contributed by atoms with Gasteiger partial charge < -0.3 is 4.40 Å². The zero-order chi connectivity index (χ0) is 19.8. The van der Waals surface area contributed by atoms with Crippen LogP contribution in [0.15, 0.2) is 97.1 Å². The van der Waals surface area contributed by atoms with Gasteiger partial charge in [0.25, 0.3) is 0 Å². The van der Waals surface area contributed by atoms with E-state index >= 15 is 0 Å². The van der Waals surface area contributed by atoms with Gasteiger partial charge in [-0.25, -0.2) is 0 Å². The Morgan fingerprint density at radius 3 is 2.10 bits per heavy atom. The van der Waals surface area contributed by atoms with Crippen molar-refractivity contribution >= 4 is 48.9 Å². The van der Waals surface area contributed by atoms with Crippen LogP contribution in [0.1, 0.15) is 5.56 Å². The Bertz CT molecular complexity index is 1750. The molecule has 2 heterocycles. The fourth-order valence-corrected chi connectivity index (χ4v) is 5.34. The number of fused-ring (bicyclic) bond motifs is 7. The van der Waals surface area contributed by atoms with E-state index in [1.807, 2.05) is 0 Å². The molecule has 0 saturated carbocycles. The molecule has 30 heavy (non-hydrogen) atoms. The number of para-hydroxylation sites is 2. The van der Waals surface area contributed by atoms with E-state index in [0.29, 0.717) is 0 Å². The monoisotopic (exact) mass is 381 g/mol. The van der Waals surface area contributed by atoms with Gasteiger partial charge in [-0.1, -0.05) is 84.9 Å². The number of aryl methyl sites for hydroxylation is 1. The topological polar surface area (TPSA) is 4.41 Å². The molecule has 0 aliphatic heterocycles. The predicted molar refractivity (Wildman–Crippen MR) is 129 cm³/mol. The van der Waals surface area contributed by atoms with Gasteiger partial charge in [0, 0.05) is 21.5 Å². The normalized spacial score (nSPS) is 12.2. The van der Waals surface area contributed by atoms with E-state index < -0.39 is 0 Å². The zero-order valence-electron chi connectivity index (χ0n) is 16.7. The fraction of sp³-hybridized carbons (Fsp3) is 0.0345. The van der Waals surface area contributed by atoms with Crippen LogP contribution in [0, 0.1) is 6.92 Å². The van der Waals surface area contributed by atoms with E-state index in [9.17, 15) is 0 Å². The number of aromatic nitrogens is 1. The van der Waals surface area contributed by atoms with Gasteiger partial charge in [0.2, 0.25) is 0 Å². The highest BCUT2D eigenvalue weighted by Crippen LogP contribution is 2.40. The molecule has 140 valence electrons. The maximum Gasteiger partial charge on any atom is 0.0620 e. The lowest BCUT2D eigenvalue weighted by Crippen LogP contribution is -1.87. The summed E-state index contributed by atoms with van der Waals surface area (Å²) in [6, 6.07) is 35.5. The van der Waals surface area contributed by atoms with E-state index in [2.05, 4.69) is 108 Å². The highest BCUT2D eigenvalue weighted by molar-refractivity contribution is 6.23. The third kappa shape index (κ3) is 1.92. The van der Waals surface area contributed by atoms with Gasteiger partial charge in [0.05, 0.1) is 16.6 Å². The first-order chi connectivity index (χ1) is 14.8. The van der Waals surface area contributed by atoms with Gasteiger partial charge >= 0.3 is 0 Å². The van der Waals surface area contributed by atoms with Gasteiger partial charge in [0.15, 0.2) is 0 Å². The molecular weight excluding hydrogens is 362 g/mol. The first kappa shape index (κ1) is 16.0. The van der Waals surface area contributed by atoms with Gasteiger partial charge in [0.1, 0.15) is 0 Å². The Morgan fingerprint density at radius 2 is 1.23 bits per heavy atom. The smallest absolute Gasteiger partial charge is 0.0620 e. The van der Waals surface area contributed by atoms with Crippen LogP contribution in [-0.4, -0.2) is 4.40 Å². The Kier molecular flexibility index (Phi) is 2.99. The summed E-state index contributed by atoms with van der Waals surface area (Å²) < 4.78 is 2.45. The van der Waals surface area contributed by atoms with Gasteiger partial charge in [-0.2, -0.15) is 0 Å². The van der Waals surface area contributed by atoms with E-state index in [-0.39, 0.29) is 0 Å². The highest BCUT2D eigenvalue weighted by Gasteiger charge is 2.17. The molecule has 1 heteroatoms. The van der Waals surface area contributed by atoms with Crippen molar-refractivity contribution < 1.29 is 0 Å². The minimum Gasteiger partial charge on any atom is -0.308 e. The molecule has 2 aromatic heterocycles. The first-order valence-corrected chi connectivity index (χ1v) is 10.5. The van der Waals surface area contributed by atoms with Crippen molar-refractivity contribution in [2.24, 2.45) is 0 Å².